The highest BCUT2D eigenvalue weighted by molar-refractivity contribution is 5.80. The molecule has 1 amide bonds. The van der Waals surface area contributed by atoms with Crippen molar-refractivity contribution in [1.29, 1.82) is 0 Å². The molecule has 0 fully saturated rings. The molecule has 6 heteroatoms. The van der Waals surface area contributed by atoms with Crippen LogP contribution in [0.2, 0.25) is 0 Å². The molecule has 0 aliphatic rings. The van der Waals surface area contributed by atoms with Crippen LogP contribution in [0.3, 0.4) is 0 Å². The Hall–Kier alpha value is -0.950. The van der Waals surface area contributed by atoms with Crippen LogP contribution in [0.5, 0.6) is 0 Å². The number of aliphatic hydroxyl groups is 4. The summed E-state index contributed by atoms with van der Waals surface area (Å²) in [4.78, 5) is 12.5. The summed E-state index contributed by atoms with van der Waals surface area (Å²) in [5, 5.41) is 43.7. The van der Waals surface area contributed by atoms with Crippen LogP contribution < -0.4 is 5.32 Å². The number of rotatable bonds is 39. The fourth-order valence-corrected chi connectivity index (χ4v) is 6.74. The normalized spacial score (nSPS) is 14.3. The van der Waals surface area contributed by atoms with Gasteiger partial charge >= 0.3 is 0 Å². The number of hydrogen-bond acceptors (Lipinski definition) is 5. The maximum atomic E-state index is 12.5. The molecule has 0 aliphatic heterocycles. The largest absolute Gasteiger partial charge is 0.394 e. The molecular formula is C43H85NO5. The molecule has 0 aliphatic carbocycles. The second-order valence-corrected chi connectivity index (χ2v) is 15.0. The predicted molar refractivity (Wildman–Crippen MR) is 210 cm³/mol. The fourth-order valence-electron chi connectivity index (χ4n) is 6.74. The van der Waals surface area contributed by atoms with Crippen LogP contribution >= 0.6 is 0 Å². The lowest BCUT2D eigenvalue weighted by molar-refractivity contribution is -0.132. The van der Waals surface area contributed by atoms with Crippen LogP contribution in [0, 0.1) is 0 Å². The highest BCUT2D eigenvalue weighted by Crippen LogP contribution is 2.17. The number of allylic oxidation sites excluding steroid dienone is 2. The summed E-state index contributed by atoms with van der Waals surface area (Å²) in [5.74, 6) is -0.582. The first-order valence-electron chi connectivity index (χ1n) is 21.6. The Balaban J connectivity index is 3.72. The second-order valence-electron chi connectivity index (χ2n) is 15.0. The van der Waals surface area contributed by atoms with Gasteiger partial charge in [0.1, 0.15) is 12.2 Å². The fraction of sp³-hybridized carbons (Fsp3) is 0.930. The van der Waals surface area contributed by atoms with E-state index in [0.29, 0.717) is 12.8 Å². The van der Waals surface area contributed by atoms with E-state index in [9.17, 15) is 25.2 Å². The van der Waals surface area contributed by atoms with E-state index in [4.69, 9.17) is 0 Å². The third-order valence-corrected chi connectivity index (χ3v) is 10.2. The van der Waals surface area contributed by atoms with Crippen LogP contribution in [0.25, 0.3) is 0 Å². The zero-order valence-corrected chi connectivity index (χ0v) is 32.7. The number of unbranched alkanes of at least 4 members (excludes halogenated alkanes) is 28. The Morgan fingerprint density at radius 3 is 1.24 bits per heavy atom. The Labute approximate surface area is 304 Å². The molecule has 0 radical (unpaired) electrons. The molecule has 0 spiro atoms. The molecule has 4 unspecified atom stereocenters. The Kier molecular flexibility index (Phi) is 37.5. The summed E-state index contributed by atoms with van der Waals surface area (Å²) in [6.45, 7) is 4.02. The van der Waals surface area contributed by atoms with E-state index in [-0.39, 0.29) is 0 Å². The van der Waals surface area contributed by atoms with E-state index in [1.165, 1.54) is 161 Å². The molecule has 0 aromatic rings. The van der Waals surface area contributed by atoms with Gasteiger partial charge in [-0.2, -0.15) is 0 Å². The number of hydrogen-bond donors (Lipinski definition) is 5. The van der Waals surface area contributed by atoms with E-state index in [0.717, 1.165) is 38.5 Å². The van der Waals surface area contributed by atoms with Gasteiger partial charge in [-0.15, -0.1) is 0 Å². The molecule has 4 atom stereocenters. The van der Waals surface area contributed by atoms with Gasteiger partial charge in [0.15, 0.2) is 0 Å². The number of amides is 1. The first-order chi connectivity index (χ1) is 24.0. The molecule has 0 aromatic heterocycles. The van der Waals surface area contributed by atoms with Crippen LogP contribution in [-0.4, -0.2) is 57.3 Å². The highest BCUT2D eigenvalue weighted by atomic mass is 16.3. The zero-order chi connectivity index (χ0) is 36.0. The van der Waals surface area contributed by atoms with Gasteiger partial charge in [-0.1, -0.05) is 206 Å². The predicted octanol–water partition coefficient (Wildman–Crippen LogP) is 11.0. The third kappa shape index (κ3) is 32.7. The van der Waals surface area contributed by atoms with E-state index in [1.807, 2.05) is 0 Å². The number of aliphatic hydroxyl groups excluding tert-OH is 4. The Bertz CT molecular complexity index is 702. The maximum Gasteiger partial charge on any atom is 0.249 e. The van der Waals surface area contributed by atoms with Gasteiger partial charge in [-0.25, -0.2) is 0 Å². The van der Waals surface area contributed by atoms with Crippen molar-refractivity contribution in [3.8, 4) is 0 Å². The smallest absolute Gasteiger partial charge is 0.249 e. The average molecular weight is 696 g/mol. The first-order valence-corrected chi connectivity index (χ1v) is 21.6. The van der Waals surface area contributed by atoms with E-state index >= 15 is 0 Å². The van der Waals surface area contributed by atoms with E-state index < -0.39 is 36.9 Å². The van der Waals surface area contributed by atoms with Crippen molar-refractivity contribution in [3.63, 3.8) is 0 Å². The molecule has 6 nitrogen and oxygen atoms in total. The van der Waals surface area contributed by atoms with Crippen molar-refractivity contribution in [3.05, 3.63) is 12.2 Å². The van der Waals surface area contributed by atoms with Crippen LogP contribution in [0.1, 0.15) is 226 Å². The van der Waals surface area contributed by atoms with Gasteiger partial charge in [-0.3, -0.25) is 4.79 Å². The molecule has 49 heavy (non-hydrogen) atoms. The average Bonchev–Trinajstić information content (AvgIpc) is 3.11. The molecule has 0 aromatic carbocycles. The van der Waals surface area contributed by atoms with Gasteiger partial charge in [0.2, 0.25) is 5.91 Å². The number of nitrogens with one attached hydrogen (secondary N) is 1. The van der Waals surface area contributed by atoms with Crippen molar-refractivity contribution >= 4 is 5.91 Å². The molecule has 292 valence electrons. The Morgan fingerprint density at radius 2 is 0.837 bits per heavy atom. The molecular weight excluding hydrogens is 610 g/mol. The van der Waals surface area contributed by atoms with Crippen LogP contribution in [0.15, 0.2) is 12.2 Å². The van der Waals surface area contributed by atoms with Gasteiger partial charge < -0.3 is 25.7 Å². The number of carbonyl (C=O) groups is 1. The summed E-state index contributed by atoms with van der Waals surface area (Å²) < 4.78 is 0. The van der Waals surface area contributed by atoms with Crippen molar-refractivity contribution in [2.45, 2.75) is 250 Å². The van der Waals surface area contributed by atoms with Crippen molar-refractivity contribution in [2.75, 3.05) is 6.61 Å². The van der Waals surface area contributed by atoms with Gasteiger partial charge in [0.25, 0.3) is 0 Å². The minimum atomic E-state index is -1.26. The topological polar surface area (TPSA) is 110 Å². The van der Waals surface area contributed by atoms with Crippen LogP contribution in [-0.2, 0) is 4.79 Å². The zero-order valence-electron chi connectivity index (χ0n) is 32.7. The van der Waals surface area contributed by atoms with E-state index in [1.54, 1.807) is 0 Å². The third-order valence-electron chi connectivity index (χ3n) is 10.2. The SMILES string of the molecule is CCCCC=CCCCCCCCCCCCCCCCC(O)C(O)C(CO)NC(=O)C(O)CCCCCCCCCCCCCCCC. The molecule has 0 saturated carbocycles. The summed E-state index contributed by atoms with van der Waals surface area (Å²) in [6, 6.07) is -0.981. The highest BCUT2D eigenvalue weighted by Gasteiger charge is 2.28. The summed E-state index contributed by atoms with van der Waals surface area (Å²) >= 11 is 0. The van der Waals surface area contributed by atoms with Gasteiger partial charge in [0, 0.05) is 0 Å². The number of carbonyl (C=O) groups excluding carboxylic acids is 1. The first kappa shape index (κ1) is 48.0. The summed E-state index contributed by atoms with van der Waals surface area (Å²) in [5.41, 5.74) is 0. The minimum absolute atomic E-state index is 0.373. The van der Waals surface area contributed by atoms with Gasteiger partial charge in [0.05, 0.1) is 18.8 Å². The lowest BCUT2D eigenvalue weighted by Gasteiger charge is -2.27. The standard InChI is InChI=1S/C43H85NO5/c1-3-5-7-9-11-13-15-17-19-20-21-22-23-25-26-28-30-32-34-36-40(46)42(48)39(38-45)44-43(49)41(47)37-35-33-31-29-27-24-18-16-14-12-10-8-6-4-2/h9,11,39-42,45-48H,3-8,10,12-38H2,1-2H3,(H,44,49). The molecule has 0 saturated heterocycles. The molecule has 0 rings (SSSR count). The summed E-state index contributed by atoms with van der Waals surface area (Å²) in [6.07, 6.45) is 40.9. The van der Waals surface area contributed by atoms with E-state index in [2.05, 4.69) is 31.3 Å². The van der Waals surface area contributed by atoms with Crippen molar-refractivity contribution < 1.29 is 25.2 Å². The van der Waals surface area contributed by atoms with Crippen molar-refractivity contribution in [1.82, 2.24) is 5.32 Å². The Morgan fingerprint density at radius 1 is 0.490 bits per heavy atom. The van der Waals surface area contributed by atoms with Crippen molar-refractivity contribution in [2.24, 2.45) is 0 Å². The summed E-state index contributed by atoms with van der Waals surface area (Å²) in [7, 11) is 0. The lowest BCUT2D eigenvalue weighted by atomic mass is 9.99. The minimum Gasteiger partial charge on any atom is -0.394 e. The quantitative estimate of drug-likeness (QED) is 0.0325. The maximum absolute atomic E-state index is 12.5. The molecule has 5 N–H and O–H groups in total. The molecule has 0 heterocycles. The second kappa shape index (κ2) is 38.3. The van der Waals surface area contributed by atoms with Crippen LogP contribution in [0.4, 0.5) is 0 Å². The van der Waals surface area contributed by atoms with Gasteiger partial charge in [-0.05, 0) is 32.1 Å². The molecule has 0 bridgehead atoms. The monoisotopic (exact) mass is 696 g/mol. The lowest BCUT2D eigenvalue weighted by Crippen LogP contribution is -2.53.